The molecule has 1 aromatic carbocycles. The average Bonchev–Trinajstić information content (AvgIpc) is 2.87. The number of rotatable bonds is 6. The molecule has 0 fully saturated rings. The first-order valence-electron chi connectivity index (χ1n) is 6.05. The van der Waals surface area contributed by atoms with Crippen LogP contribution < -0.4 is 5.32 Å². The number of amides is 1. The molecule has 0 spiro atoms. The van der Waals surface area contributed by atoms with Crippen molar-refractivity contribution in [1.29, 1.82) is 0 Å². The Morgan fingerprint density at radius 2 is 2.00 bits per heavy atom. The summed E-state index contributed by atoms with van der Waals surface area (Å²) < 4.78 is 24.8. The van der Waals surface area contributed by atoms with Crippen molar-refractivity contribution < 1.29 is 13.2 Å². The fraction of sp³-hybridized carbons (Fsp3) is 0.250. The fourth-order valence-corrected chi connectivity index (χ4v) is 4.30. The largest absolute Gasteiger partial charge is 0.300 e. The molecule has 112 valence electrons. The lowest BCUT2D eigenvalue weighted by Gasteiger charge is -2.03. The molecule has 1 heterocycles. The number of hydrogen-bond acceptors (Lipinski definition) is 7. The van der Waals surface area contributed by atoms with Crippen molar-refractivity contribution in [3.63, 3.8) is 0 Å². The number of thioether (sulfide) groups is 1. The molecule has 0 aliphatic heterocycles. The molecule has 21 heavy (non-hydrogen) atoms. The van der Waals surface area contributed by atoms with E-state index < -0.39 is 21.5 Å². The van der Waals surface area contributed by atoms with E-state index in [0.29, 0.717) is 5.13 Å². The van der Waals surface area contributed by atoms with Gasteiger partial charge in [0.2, 0.25) is 11.0 Å². The van der Waals surface area contributed by atoms with Crippen molar-refractivity contribution >= 4 is 44.0 Å². The minimum atomic E-state index is -3.64. The Kier molecular flexibility index (Phi) is 5.32. The molecule has 0 aliphatic carbocycles. The zero-order chi connectivity index (χ0) is 15.3. The number of nitrogens with zero attached hydrogens (tertiary/aromatic N) is 2. The SMILES string of the molecule is CCSc1nnc(NC(=O)CS(=O)(=O)c2ccccc2)s1. The van der Waals surface area contributed by atoms with Crippen LogP contribution in [0.25, 0.3) is 0 Å². The van der Waals surface area contributed by atoms with Gasteiger partial charge in [0.25, 0.3) is 0 Å². The van der Waals surface area contributed by atoms with Crippen LogP contribution in [0.1, 0.15) is 6.92 Å². The quantitative estimate of drug-likeness (QED) is 0.638. The van der Waals surface area contributed by atoms with E-state index in [1.165, 1.54) is 35.2 Å². The number of sulfone groups is 1. The van der Waals surface area contributed by atoms with E-state index in [1.54, 1.807) is 18.2 Å². The molecule has 0 unspecified atom stereocenters. The Morgan fingerprint density at radius 1 is 1.29 bits per heavy atom. The number of carbonyl (C=O) groups excluding carboxylic acids is 1. The van der Waals surface area contributed by atoms with Gasteiger partial charge in [-0.25, -0.2) is 8.42 Å². The summed E-state index contributed by atoms with van der Waals surface area (Å²) in [4.78, 5) is 11.9. The molecule has 0 radical (unpaired) electrons. The van der Waals surface area contributed by atoms with Crippen LogP contribution in [-0.4, -0.2) is 36.0 Å². The molecule has 2 rings (SSSR count). The third kappa shape index (κ3) is 4.51. The van der Waals surface area contributed by atoms with E-state index in [0.717, 1.165) is 10.1 Å². The lowest BCUT2D eigenvalue weighted by atomic mass is 10.4. The molecule has 2 aromatic rings. The molecule has 6 nitrogen and oxygen atoms in total. The minimum absolute atomic E-state index is 0.125. The smallest absolute Gasteiger partial charge is 0.241 e. The molecule has 0 saturated heterocycles. The maximum atomic E-state index is 12.0. The molecule has 0 bridgehead atoms. The van der Waals surface area contributed by atoms with Crippen LogP contribution in [0.3, 0.4) is 0 Å². The molecular weight excluding hydrogens is 330 g/mol. The van der Waals surface area contributed by atoms with Gasteiger partial charge in [0.1, 0.15) is 5.75 Å². The Morgan fingerprint density at radius 3 is 2.67 bits per heavy atom. The van der Waals surface area contributed by atoms with Crippen LogP contribution in [0, 0.1) is 0 Å². The van der Waals surface area contributed by atoms with E-state index in [4.69, 9.17) is 0 Å². The lowest BCUT2D eigenvalue weighted by Crippen LogP contribution is -2.22. The number of benzene rings is 1. The van der Waals surface area contributed by atoms with Gasteiger partial charge in [-0.05, 0) is 17.9 Å². The van der Waals surface area contributed by atoms with Gasteiger partial charge in [0, 0.05) is 0 Å². The van der Waals surface area contributed by atoms with E-state index in [-0.39, 0.29) is 4.90 Å². The van der Waals surface area contributed by atoms with E-state index in [9.17, 15) is 13.2 Å². The summed E-state index contributed by atoms with van der Waals surface area (Å²) in [5, 5.41) is 10.4. The van der Waals surface area contributed by atoms with Gasteiger partial charge in [0.05, 0.1) is 4.90 Å². The van der Waals surface area contributed by atoms with Gasteiger partial charge in [-0.1, -0.05) is 48.2 Å². The molecule has 1 N–H and O–H groups in total. The fourth-order valence-electron chi connectivity index (χ4n) is 1.48. The standard InChI is InChI=1S/C12H13N3O3S3/c1-2-19-12-15-14-11(20-12)13-10(16)8-21(17,18)9-6-4-3-5-7-9/h3-7H,2,8H2,1H3,(H,13,14,16). The number of aromatic nitrogens is 2. The lowest BCUT2D eigenvalue weighted by molar-refractivity contribution is -0.113. The van der Waals surface area contributed by atoms with Gasteiger partial charge in [-0.2, -0.15) is 0 Å². The molecule has 0 saturated carbocycles. The summed E-state index contributed by atoms with van der Waals surface area (Å²) in [6, 6.07) is 7.87. The van der Waals surface area contributed by atoms with Crippen LogP contribution in [0.4, 0.5) is 5.13 Å². The van der Waals surface area contributed by atoms with Gasteiger partial charge in [-0.15, -0.1) is 10.2 Å². The minimum Gasteiger partial charge on any atom is -0.300 e. The molecule has 1 aromatic heterocycles. The van der Waals surface area contributed by atoms with Gasteiger partial charge in [-0.3, -0.25) is 10.1 Å². The Hall–Kier alpha value is -1.45. The van der Waals surface area contributed by atoms with Gasteiger partial charge in [0.15, 0.2) is 14.2 Å². The molecule has 1 amide bonds. The normalized spacial score (nSPS) is 11.3. The third-order valence-corrected chi connectivity index (χ3v) is 5.83. The van der Waals surface area contributed by atoms with Crippen LogP contribution in [0.5, 0.6) is 0 Å². The van der Waals surface area contributed by atoms with Crippen molar-refractivity contribution in [3.8, 4) is 0 Å². The highest BCUT2D eigenvalue weighted by molar-refractivity contribution is 8.01. The highest BCUT2D eigenvalue weighted by Crippen LogP contribution is 2.25. The second-order valence-electron chi connectivity index (χ2n) is 3.93. The average molecular weight is 343 g/mol. The molecule has 0 aliphatic rings. The Bertz CT molecular complexity index is 714. The third-order valence-electron chi connectivity index (χ3n) is 2.34. The topological polar surface area (TPSA) is 89.0 Å². The summed E-state index contributed by atoms with van der Waals surface area (Å²) in [5.41, 5.74) is 0. The summed E-state index contributed by atoms with van der Waals surface area (Å²) in [5.74, 6) is -0.388. The highest BCUT2D eigenvalue weighted by atomic mass is 32.2. The number of nitrogens with one attached hydrogen (secondary N) is 1. The van der Waals surface area contributed by atoms with Crippen LogP contribution in [0.2, 0.25) is 0 Å². The number of hydrogen-bond donors (Lipinski definition) is 1. The first-order chi connectivity index (χ1) is 10.0. The van der Waals surface area contributed by atoms with E-state index in [1.807, 2.05) is 6.92 Å². The maximum absolute atomic E-state index is 12.0. The van der Waals surface area contributed by atoms with Crippen LogP contribution in [0.15, 0.2) is 39.6 Å². The predicted octanol–water partition coefficient (Wildman–Crippen LogP) is 2.06. The zero-order valence-electron chi connectivity index (χ0n) is 11.1. The summed E-state index contributed by atoms with van der Waals surface area (Å²) in [6.45, 7) is 1.98. The van der Waals surface area contributed by atoms with Crippen LogP contribution >= 0.6 is 23.1 Å². The van der Waals surface area contributed by atoms with Crippen molar-refractivity contribution in [2.24, 2.45) is 0 Å². The summed E-state index contributed by atoms with van der Waals surface area (Å²) in [7, 11) is -3.64. The second kappa shape index (κ2) is 7.01. The van der Waals surface area contributed by atoms with E-state index in [2.05, 4.69) is 15.5 Å². The first kappa shape index (κ1) is 15.9. The highest BCUT2D eigenvalue weighted by Gasteiger charge is 2.20. The van der Waals surface area contributed by atoms with E-state index >= 15 is 0 Å². The Labute approximate surface area is 130 Å². The summed E-state index contributed by atoms with van der Waals surface area (Å²) >= 11 is 2.73. The first-order valence-corrected chi connectivity index (χ1v) is 9.50. The number of anilines is 1. The van der Waals surface area contributed by atoms with Crippen LogP contribution in [-0.2, 0) is 14.6 Å². The molecular formula is C12H13N3O3S3. The second-order valence-corrected chi connectivity index (χ2v) is 8.40. The molecule has 0 atom stereocenters. The molecule has 9 heteroatoms. The van der Waals surface area contributed by atoms with Crippen molar-refractivity contribution in [1.82, 2.24) is 10.2 Å². The maximum Gasteiger partial charge on any atom is 0.241 e. The zero-order valence-corrected chi connectivity index (χ0v) is 13.6. The van der Waals surface area contributed by atoms with Gasteiger partial charge < -0.3 is 0 Å². The van der Waals surface area contributed by atoms with Crippen molar-refractivity contribution in [3.05, 3.63) is 30.3 Å². The summed E-state index contributed by atoms with van der Waals surface area (Å²) in [6.07, 6.45) is 0. The van der Waals surface area contributed by atoms with Gasteiger partial charge >= 0.3 is 0 Å². The number of carbonyl (C=O) groups is 1. The van der Waals surface area contributed by atoms with Crippen molar-refractivity contribution in [2.75, 3.05) is 16.8 Å². The monoisotopic (exact) mass is 343 g/mol. The van der Waals surface area contributed by atoms with Crippen molar-refractivity contribution in [2.45, 2.75) is 16.2 Å². The predicted molar refractivity (Wildman–Crippen MR) is 83.4 cm³/mol. The Balaban J connectivity index is 2.01.